The molecule has 2 aromatic carbocycles. The third-order valence-corrected chi connectivity index (χ3v) is 5.64. The second kappa shape index (κ2) is 9.59. The first-order chi connectivity index (χ1) is 13.9. The van der Waals surface area contributed by atoms with E-state index in [0.717, 1.165) is 16.9 Å². The number of β-amino-alcohol motifs (C(OH)–C–C–N with tert-alkyl or cyclic N) is 1. The average Bonchev–Trinajstić information content (AvgIpc) is 2.72. The standard InChI is InChI=1S/C22H27ClN2O4/c1-29-19-5-3-2-4-17(19)13-24-15-22(28)10-11-25(14-20(22)26)21(27)12-16-6-8-18(23)9-7-16/h2-9,20,24,26,28H,10-15H2,1H3/t20-,22-/m0/s1. The predicted molar refractivity (Wildman–Crippen MR) is 112 cm³/mol. The van der Waals surface area contributed by atoms with E-state index in [9.17, 15) is 15.0 Å². The zero-order valence-corrected chi connectivity index (χ0v) is 17.2. The molecule has 0 radical (unpaired) electrons. The first kappa shape index (κ1) is 21.6. The maximum Gasteiger partial charge on any atom is 0.227 e. The van der Waals surface area contributed by atoms with E-state index >= 15 is 0 Å². The number of aliphatic hydroxyl groups excluding tert-OH is 1. The number of benzene rings is 2. The van der Waals surface area contributed by atoms with Crippen molar-refractivity contribution in [1.29, 1.82) is 0 Å². The number of piperidine rings is 1. The Morgan fingerprint density at radius 2 is 2.00 bits per heavy atom. The number of hydrogen-bond acceptors (Lipinski definition) is 5. The number of aliphatic hydroxyl groups is 2. The van der Waals surface area contributed by atoms with Gasteiger partial charge in [-0.25, -0.2) is 0 Å². The Hall–Kier alpha value is -2.12. The predicted octanol–water partition coefficient (Wildman–Crippen LogP) is 2.01. The summed E-state index contributed by atoms with van der Waals surface area (Å²) in [4.78, 5) is 14.2. The minimum atomic E-state index is -1.28. The molecule has 2 aromatic rings. The van der Waals surface area contributed by atoms with Crippen LogP contribution in [-0.2, 0) is 17.8 Å². The van der Waals surface area contributed by atoms with Gasteiger partial charge in [-0.2, -0.15) is 0 Å². The number of methoxy groups -OCH3 is 1. The van der Waals surface area contributed by atoms with Crippen LogP contribution in [0.2, 0.25) is 5.02 Å². The van der Waals surface area contributed by atoms with E-state index < -0.39 is 11.7 Å². The number of carbonyl (C=O) groups excluding carboxylic acids is 1. The average molecular weight is 419 g/mol. The van der Waals surface area contributed by atoms with Crippen molar-refractivity contribution in [3.05, 3.63) is 64.7 Å². The Morgan fingerprint density at radius 1 is 1.28 bits per heavy atom. The van der Waals surface area contributed by atoms with Gasteiger partial charge in [0.05, 0.1) is 13.5 Å². The molecule has 1 heterocycles. The maximum absolute atomic E-state index is 12.5. The fourth-order valence-corrected chi connectivity index (χ4v) is 3.68. The number of ether oxygens (including phenoxy) is 1. The number of para-hydroxylation sites is 1. The molecule has 0 unspecified atom stereocenters. The molecule has 1 fully saturated rings. The highest BCUT2D eigenvalue weighted by Gasteiger charge is 2.41. The van der Waals surface area contributed by atoms with Crippen LogP contribution in [0.4, 0.5) is 0 Å². The van der Waals surface area contributed by atoms with Crippen molar-refractivity contribution in [1.82, 2.24) is 10.2 Å². The topological polar surface area (TPSA) is 82.0 Å². The molecule has 6 nitrogen and oxygen atoms in total. The summed E-state index contributed by atoms with van der Waals surface area (Å²) >= 11 is 5.88. The van der Waals surface area contributed by atoms with Crippen molar-refractivity contribution >= 4 is 17.5 Å². The Labute approximate surface area is 176 Å². The highest BCUT2D eigenvalue weighted by atomic mass is 35.5. The molecule has 2 atom stereocenters. The van der Waals surface area contributed by atoms with Gasteiger partial charge in [-0.1, -0.05) is 41.9 Å². The van der Waals surface area contributed by atoms with Crippen molar-refractivity contribution in [2.45, 2.75) is 31.1 Å². The molecule has 1 aliphatic heterocycles. The molecule has 1 saturated heterocycles. The number of nitrogens with one attached hydrogen (secondary N) is 1. The fraction of sp³-hybridized carbons (Fsp3) is 0.409. The number of hydrogen-bond donors (Lipinski definition) is 3. The summed E-state index contributed by atoms with van der Waals surface area (Å²) in [5.41, 5.74) is 0.566. The molecule has 29 heavy (non-hydrogen) atoms. The molecule has 0 aliphatic carbocycles. The number of rotatable bonds is 7. The van der Waals surface area contributed by atoms with Gasteiger partial charge in [0.1, 0.15) is 17.5 Å². The third-order valence-electron chi connectivity index (χ3n) is 5.39. The largest absolute Gasteiger partial charge is 0.496 e. The van der Waals surface area contributed by atoms with E-state index in [1.807, 2.05) is 36.4 Å². The molecule has 3 N–H and O–H groups in total. The molecule has 0 bridgehead atoms. The van der Waals surface area contributed by atoms with Crippen molar-refractivity contribution in [2.24, 2.45) is 0 Å². The third kappa shape index (κ3) is 5.48. The van der Waals surface area contributed by atoms with Crippen molar-refractivity contribution in [2.75, 3.05) is 26.7 Å². The van der Waals surface area contributed by atoms with Gasteiger partial charge >= 0.3 is 0 Å². The van der Waals surface area contributed by atoms with Gasteiger partial charge in [-0.15, -0.1) is 0 Å². The van der Waals surface area contributed by atoms with Crippen molar-refractivity contribution in [3.8, 4) is 5.75 Å². The lowest BCUT2D eigenvalue weighted by atomic mass is 9.88. The van der Waals surface area contributed by atoms with Crippen LogP contribution >= 0.6 is 11.6 Å². The fourth-order valence-electron chi connectivity index (χ4n) is 3.55. The lowest BCUT2D eigenvalue weighted by Gasteiger charge is -2.42. The normalized spacial score (nSPS) is 21.8. The van der Waals surface area contributed by atoms with Gasteiger partial charge in [-0.3, -0.25) is 4.79 Å². The molecule has 1 aliphatic rings. The van der Waals surface area contributed by atoms with E-state index in [1.165, 1.54) is 0 Å². The second-order valence-corrected chi connectivity index (χ2v) is 7.86. The minimum absolute atomic E-state index is 0.0737. The molecule has 3 rings (SSSR count). The van der Waals surface area contributed by atoms with Gasteiger partial charge < -0.3 is 25.2 Å². The van der Waals surface area contributed by atoms with Crippen LogP contribution in [0, 0.1) is 0 Å². The molecule has 7 heteroatoms. The lowest BCUT2D eigenvalue weighted by molar-refractivity contribution is -0.148. The smallest absolute Gasteiger partial charge is 0.227 e. The molecular weight excluding hydrogens is 392 g/mol. The monoisotopic (exact) mass is 418 g/mol. The Kier molecular flexibility index (Phi) is 7.14. The van der Waals surface area contributed by atoms with Gasteiger partial charge in [0.15, 0.2) is 0 Å². The van der Waals surface area contributed by atoms with Crippen LogP contribution in [0.3, 0.4) is 0 Å². The second-order valence-electron chi connectivity index (χ2n) is 7.43. The first-order valence-electron chi connectivity index (χ1n) is 9.66. The van der Waals surface area contributed by atoms with Gasteiger partial charge in [-0.05, 0) is 30.2 Å². The van der Waals surface area contributed by atoms with Crippen LogP contribution < -0.4 is 10.1 Å². The molecule has 0 saturated carbocycles. The lowest BCUT2D eigenvalue weighted by Crippen LogP contribution is -2.60. The van der Waals surface area contributed by atoms with Crippen LogP contribution in [0.1, 0.15) is 17.5 Å². The Morgan fingerprint density at radius 3 is 2.69 bits per heavy atom. The van der Waals surface area contributed by atoms with Gasteiger partial charge in [0.2, 0.25) is 5.91 Å². The minimum Gasteiger partial charge on any atom is -0.496 e. The van der Waals surface area contributed by atoms with E-state index in [1.54, 1.807) is 24.1 Å². The number of halogens is 1. The number of carbonyl (C=O) groups is 1. The summed E-state index contributed by atoms with van der Waals surface area (Å²) in [6, 6.07) is 14.8. The summed E-state index contributed by atoms with van der Waals surface area (Å²) in [5, 5.41) is 25.2. The van der Waals surface area contributed by atoms with E-state index in [2.05, 4.69) is 5.32 Å². The van der Waals surface area contributed by atoms with E-state index in [0.29, 0.717) is 24.5 Å². The number of amides is 1. The van der Waals surface area contributed by atoms with Crippen LogP contribution in [0.5, 0.6) is 5.75 Å². The van der Waals surface area contributed by atoms with E-state index in [4.69, 9.17) is 16.3 Å². The SMILES string of the molecule is COc1ccccc1CNC[C@@]1(O)CCN(C(=O)Cc2ccc(Cl)cc2)C[C@@H]1O. The zero-order valence-electron chi connectivity index (χ0n) is 16.5. The summed E-state index contributed by atoms with van der Waals surface area (Å²) < 4.78 is 5.33. The quantitative estimate of drug-likeness (QED) is 0.640. The van der Waals surface area contributed by atoms with Crippen molar-refractivity contribution < 1.29 is 19.7 Å². The van der Waals surface area contributed by atoms with Crippen molar-refractivity contribution in [3.63, 3.8) is 0 Å². The molecule has 0 spiro atoms. The van der Waals surface area contributed by atoms with Gasteiger partial charge in [0, 0.05) is 36.8 Å². The Bertz CT molecular complexity index is 830. The molecular formula is C22H27ClN2O4. The summed E-state index contributed by atoms with van der Waals surface area (Å²) in [7, 11) is 1.62. The van der Waals surface area contributed by atoms with Crippen LogP contribution in [0.25, 0.3) is 0 Å². The molecule has 1 amide bonds. The van der Waals surface area contributed by atoms with Crippen LogP contribution in [-0.4, -0.2) is 59.5 Å². The molecule has 0 aromatic heterocycles. The number of nitrogens with zero attached hydrogens (tertiary/aromatic N) is 1. The summed E-state index contributed by atoms with van der Waals surface area (Å²) in [5.74, 6) is 0.700. The number of likely N-dealkylation sites (tertiary alicyclic amines) is 1. The highest BCUT2D eigenvalue weighted by molar-refractivity contribution is 6.30. The first-order valence-corrected chi connectivity index (χ1v) is 10.0. The van der Waals surface area contributed by atoms with E-state index in [-0.39, 0.29) is 25.4 Å². The molecule has 156 valence electrons. The van der Waals surface area contributed by atoms with Crippen LogP contribution in [0.15, 0.2) is 48.5 Å². The maximum atomic E-state index is 12.5. The Balaban J connectivity index is 1.51. The summed E-state index contributed by atoms with van der Waals surface area (Å²) in [6.45, 7) is 1.25. The summed E-state index contributed by atoms with van der Waals surface area (Å²) in [6.07, 6.45) is -0.469. The zero-order chi connectivity index (χ0) is 20.9. The van der Waals surface area contributed by atoms with Gasteiger partial charge in [0.25, 0.3) is 0 Å². The highest BCUT2D eigenvalue weighted by Crippen LogP contribution is 2.24.